The first kappa shape index (κ1) is 106. The van der Waals surface area contributed by atoms with Gasteiger partial charge < -0.3 is 33.8 Å². The lowest BCUT2D eigenvalue weighted by Crippen LogP contribution is -2.30. The van der Waals surface area contributed by atoms with Gasteiger partial charge in [0.2, 0.25) is 0 Å². The number of rotatable bonds is 86. The molecule has 0 aromatic heterocycles. The van der Waals surface area contributed by atoms with Crippen LogP contribution in [0.1, 0.15) is 452 Å². The molecule has 638 valence electrons. The molecule has 0 aliphatic carbocycles. The number of esters is 4. The summed E-state index contributed by atoms with van der Waals surface area (Å²) < 4.78 is 68.9. The molecule has 0 aliphatic heterocycles. The summed E-state index contributed by atoms with van der Waals surface area (Å²) >= 11 is 0. The molecule has 0 spiro atoms. The fraction of sp³-hybridized carbons (Fsp3) is 0.910. The lowest BCUT2D eigenvalue weighted by Gasteiger charge is -2.21. The van der Waals surface area contributed by atoms with E-state index in [1.165, 1.54) is 257 Å². The zero-order chi connectivity index (χ0) is 79.2. The Labute approximate surface area is 663 Å². The number of phosphoric acid groups is 2. The average Bonchev–Trinajstić information content (AvgIpc) is 0.915. The Morgan fingerprint density at radius 1 is 0.287 bits per heavy atom. The van der Waals surface area contributed by atoms with Gasteiger partial charge in [-0.3, -0.25) is 37.3 Å². The van der Waals surface area contributed by atoms with Crippen molar-refractivity contribution in [3.8, 4) is 0 Å². The second-order valence-corrected chi connectivity index (χ2v) is 35.2. The molecule has 0 aromatic rings. The van der Waals surface area contributed by atoms with Crippen molar-refractivity contribution < 1.29 is 80.2 Å². The number of ether oxygens (including phenoxy) is 4. The molecule has 5 atom stereocenters. The number of hydrogen-bond acceptors (Lipinski definition) is 15. The maximum absolute atomic E-state index is 13.2. The smallest absolute Gasteiger partial charge is 0.462 e. The minimum Gasteiger partial charge on any atom is -0.462 e. The molecule has 108 heavy (non-hydrogen) atoms. The van der Waals surface area contributed by atoms with Crippen molar-refractivity contribution in [1.29, 1.82) is 0 Å². The quantitative estimate of drug-likeness (QED) is 0.0169. The number of aliphatic hydroxyl groups is 1. The summed E-state index contributed by atoms with van der Waals surface area (Å²) in [6.45, 7) is 9.63. The highest BCUT2D eigenvalue weighted by Gasteiger charge is 2.30. The molecule has 0 amide bonds. The van der Waals surface area contributed by atoms with Crippen molar-refractivity contribution in [2.75, 3.05) is 39.6 Å². The second-order valence-electron chi connectivity index (χ2n) is 32.3. The predicted molar refractivity (Wildman–Crippen MR) is 446 cm³/mol. The van der Waals surface area contributed by atoms with Crippen LogP contribution < -0.4 is 0 Å². The van der Waals surface area contributed by atoms with Gasteiger partial charge in [-0.15, -0.1) is 0 Å². The van der Waals surface area contributed by atoms with Gasteiger partial charge in [0.05, 0.1) is 26.4 Å². The summed E-state index contributed by atoms with van der Waals surface area (Å²) in [5, 5.41) is 10.7. The van der Waals surface area contributed by atoms with Gasteiger partial charge in [-0.05, 0) is 63.2 Å². The van der Waals surface area contributed by atoms with E-state index in [9.17, 15) is 43.2 Å². The van der Waals surface area contributed by atoms with E-state index in [-0.39, 0.29) is 25.7 Å². The van der Waals surface area contributed by atoms with Crippen LogP contribution in [0.5, 0.6) is 0 Å². The lowest BCUT2D eigenvalue weighted by molar-refractivity contribution is -0.161. The van der Waals surface area contributed by atoms with Crippen LogP contribution in [0, 0.1) is 11.8 Å². The molecule has 0 saturated heterocycles. The van der Waals surface area contributed by atoms with Crippen LogP contribution in [0.15, 0.2) is 24.3 Å². The van der Waals surface area contributed by atoms with Crippen molar-refractivity contribution in [2.45, 2.75) is 471 Å². The molecule has 0 heterocycles. The summed E-state index contributed by atoms with van der Waals surface area (Å²) in [6.07, 6.45) is 75.9. The first-order chi connectivity index (χ1) is 52.4. The number of phosphoric ester groups is 2. The third kappa shape index (κ3) is 81.6. The highest BCUT2D eigenvalue weighted by Crippen LogP contribution is 2.45. The van der Waals surface area contributed by atoms with Crippen molar-refractivity contribution in [2.24, 2.45) is 11.8 Å². The Balaban J connectivity index is 5.27. The molecule has 0 radical (unpaired) electrons. The predicted octanol–water partition coefficient (Wildman–Crippen LogP) is 27.0. The molecule has 3 N–H and O–H groups in total. The fourth-order valence-electron chi connectivity index (χ4n) is 13.4. The van der Waals surface area contributed by atoms with Gasteiger partial charge in [0, 0.05) is 25.7 Å². The van der Waals surface area contributed by atoms with Crippen LogP contribution in [0.25, 0.3) is 0 Å². The van der Waals surface area contributed by atoms with Crippen LogP contribution in [-0.2, 0) is 65.4 Å². The summed E-state index contributed by atoms with van der Waals surface area (Å²) in [6, 6.07) is 0. The van der Waals surface area contributed by atoms with Crippen LogP contribution in [0.3, 0.4) is 0 Å². The monoisotopic (exact) mass is 1570 g/mol. The Bertz CT molecular complexity index is 2160. The number of allylic oxidation sites excluding steroid dienone is 4. The van der Waals surface area contributed by atoms with Gasteiger partial charge in [-0.25, -0.2) is 9.13 Å². The Hall–Kier alpha value is -2.46. The normalized spacial score (nSPS) is 13.9. The van der Waals surface area contributed by atoms with E-state index in [0.717, 1.165) is 115 Å². The van der Waals surface area contributed by atoms with Gasteiger partial charge in [0.25, 0.3) is 0 Å². The molecule has 19 heteroatoms. The highest BCUT2D eigenvalue weighted by molar-refractivity contribution is 7.47. The van der Waals surface area contributed by atoms with Crippen molar-refractivity contribution in [1.82, 2.24) is 0 Å². The van der Waals surface area contributed by atoms with Gasteiger partial charge in [0.1, 0.15) is 19.3 Å². The first-order valence-electron chi connectivity index (χ1n) is 45.3. The third-order valence-corrected chi connectivity index (χ3v) is 22.2. The van der Waals surface area contributed by atoms with Crippen molar-refractivity contribution in [3.63, 3.8) is 0 Å². The SMILES string of the molecule is CCCCCC/C=C\C=C/CCCCCCCC(=O)O[C@H](COC(=O)CCCCCCCCCCCC(C)C)COP(=O)(O)OC[C@H](O)COP(=O)(O)OC[C@@H](COC(=O)CCCCCCCCCCCCCCCCCCCCCC)OC(=O)CCCCCCCCCCCCCCCCCCCCC(C)C. The molecule has 0 bridgehead atoms. The van der Waals surface area contributed by atoms with Gasteiger partial charge in [-0.1, -0.05) is 400 Å². The minimum atomic E-state index is -4.97. The van der Waals surface area contributed by atoms with Crippen LogP contribution in [0.2, 0.25) is 0 Å². The Kier molecular flexibility index (Phi) is 77.9. The average molecular weight is 1570 g/mol. The molecule has 0 rings (SSSR count). The highest BCUT2D eigenvalue weighted by atomic mass is 31.2. The third-order valence-electron chi connectivity index (χ3n) is 20.3. The molecule has 0 fully saturated rings. The minimum absolute atomic E-state index is 0.0850. The van der Waals surface area contributed by atoms with Crippen LogP contribution >= 0.6 is 15.6 Å². The molecule has 0 aliphatic rings. The van der Waals surface area contributed by atoms with Crippen molar-refractivity contribution in [3.05, 3.63) is 24.3 Å². The van der Waals surface area contributed by atoms with Gasteiger partial charge >= 0.3 is 39.5 Å². The summed E-state index contributed by atoms with van der Waals surface area (Å²) in [5.74, 6) is -0.570. The Morgan fingerprint density at radius 3 is 0.759 bits per heavy atom. The van der Waals surface area contributed by atoms with E-state index in [2.05, 4.69) is 65.8 Å². The molecule has 0 aromatic carbocycles. The van der Waals surface area contributed by atoms with E-state index in [4.69, 9.17) is 37.0 Å². The number of aliphatic hydroxyl groups excluding tert-OH is 1. The lowest BCUT2D eigenvalue weighted by atomic mass is 10.0. The topological polar surface area (TPSA) is 237 Å². The molecular weight excluding hydrogens is 1400 g/mol. The van der Waals surface area contributed by atoms with Gasteiger partial charge in [0.15, 0.2) is 12.2 Å². The molecule has 0 saturated carbocycles. The van der Waals surface area contributed by atoms with E-state index in [1.807, 2.05) is 0 Å². The standard InChI is InChI=1S/C89H170O17P2/c1-7-9-11-13-15-17-19-21-23-24-25-26-30-34-37-41-47-53-59-65-71-86(91)99-77-84(105-89(94)74-68-62-56-49-43-39-35-31-28-27-29-33-36-40-45-51-57-63-69-81(3)4)79-103-107(95,96)101-75-83(90)76-102-108(97,98)104-80-85(78-100-87(92)72-66-60-54-50-44-46-52-58-64-70-82(5)6)106-88(93)73-67-61-55-48-42-38-32-22-20-18-16-14-12-10-8-2/h18,20,22,32,81-85,90H,7-17,19,21,23-31,33-80H2,1-6H3,(H,95,96)(H,97,98)/b20-18-,32-22-/t83-,84-,85-/m1/s1. The Morgan fingerprint density at radius 2 is 0.500 bits per heavy atom. The second kappa shape index (κ2) is 79.8. The zero-order valence-corrected chi connectivity index (χ0v) is 72.4. The summed E-state index contributed by atoms with van der Waals surface area (Å²) in [7, 11) is -9.95. The van der Waals surface area contributed by atoms with E-state index in [1.54, 1.807) is 0 Å². The van der Waals surface area contributed by atoms with Crippen molar-refractivity contribution >= 4 is 39.5 Å². The number of carbonyl (C=O) groups excluding carboxylic acids is 4. The number of carbonyl (C=O) groups is 4. The maximum Gasteiger partial charge on any atom is 0.472 e. The number of hydrogen-bond donors (Lipinski definition) is 3. The maximum atomic E-state index is 13.2. The number of unbranched alkanes of at least 4 members (excludes halogenated alkanes) is 53. The van der Waals surface area contributed by atoms with E-state index < -0.39 is 97.5 Å². The first-order valence-corrected chi connectivity index (χ1v) is 48.3. The summed E-state index contributed by atoms with van der Waals surface area (Å²) in [5.41, 5.74) is 0. The molecule has 2 unspecified atom stereocenters. The van der Waals surface area contributed by atoms with E-state index >= 15 is 0 Å². The summed E-state index contributed by atoms with van der Waals surface area (Å²) in [4.78, 5) is 73.3. The van der Waals surface area contributed by atoms with Crippen LogP contribution in [0.4, 0.5) is 0 Å². The zero-order valence-electron chi connectivity index (χ0n) is 70.6. The van der Waals surface area contributed by atoms with Crippen LogP contribution in [-0.4, -0.2) is 96.7 Å². The molecule has 17 nitrogen and oxygen atoms in total. The molecular formula is C89H170O17P2. The largest absolute Gasteiger partial charge is 0.472 e. The van der Waals surface area contributed by atoms with E-state index in [0.29, 0.717) is 25.7 Å². The fourth-order valence-corrected chi connectivity index (χ4v) is 15.0. The van der Waals surface area contributed by atoms with Gasteiger partial charge in [-0.2, -0.15) is 0 Å².